The summed E-state index contributed by atoms with van der Waals surface area (Å²) >= 11 is 0. The maximum absolute atomic E-state index is 5.57. The second kappa shape index (κ2) is 4.70. The average Bonchev–Trinajstić information content (AvgIpc) is 2.17. The molecule has 0 aliphatic carbocycles. The first-order valence-electron chi connectivity index (χ1n) is 4.14. The van der Waals surface area contributed by atoms with E-state index >= 15 is 0 Å². The van der Waals surface area contributed by atoms with Crippen molar-refractivity contribution in [3.63, 3.8) is 0 Å². The van der Waals surface area contributed by atoms with Crippen LogP contribution < -0.4 is 5.32 Å². The molecule has 66 valence electrons. The van der Waals surface area contributed by atoms with Crippen molar-refractivity contribution in [2.75, 3.05) is 33.4 Å². The van der Waals surface area contributed by atoms with E-state index in [2.05, 4.69) is 12.2 Å². The van der Waals surface area contributed by atoms with Crippen molar-refractivity contribution in [1.29, 1.82) is 0 Å². The maximum Gasteiger partial charge on any atom is 0.0932 e. The lowest BCUT2D eigenvalue weighted by Crippen LogP contribution is -2.29. The third-order valence-corrected chi connectivity index (χ3v) is 1.83. The molecule has 0 bridgehead atoms. The molecule has 0 radical (unpaired) electrons. The van der Waals surface area contributed by atoms with Gasteiger partial charge in [0.05, 0.1) is 19.3 Å². The van der Waals surface area contributed by atoms with Crippen LogP contribution >= 0.6 is 0 Å². The van der Waals surface area contributed by atoms with Crippen LogP contribution in [-0.2, 0) is 9.47 Å². The minimum absolute atomic E-state index is 0.241. The van der Waals surface area contributed by atoms with Crippen LogP contribution in [-0.4, -0.2) is 39.5 Å². The average molecular weight is 159 g/mol. The summed E-state index contributed by atoms with van der Waals surface area (Å²) in [6.45, 7) is 5.70. The van der Waals surface area contributed by atoms with Crippen molar-refractivity contribution in [3.05, 3.63) is 0 Å². The van der Waals surface area contributed by atoms with Gasteiger partial charge in [-0.2, -0.15) is 0 Å². The lowest BCUT2D eigenvalue weighted by atomic mass is 10.2. The van der Waals surface area contributed by atoms with Crippen LogP contribution in [0.2, 0.25) is 0 Å². The molecule has 3 nitrogen and oxygen atoms in total. The zero-order valence-electron chi connectivity index (χ0n) is 7.30. The third-order valence-electron chi connectivity index (χ3n) is 1.83. The van der Waals surface area contributed by atoms with Gasteiger partial charge in [0.15, 0.2) is 0 Å². The highest BCUT2D eigenvalue weighted by Crippen LogP contribution is 2.02. The molecule has 1 heterocycles. The maximum atomic E-state index is 5.57. The lowest BCUT2D eigenvalue weighted by Gasteiger charge is -2.13. The Morgan fingerprint density at radius 2 is 2.36 bits per heavy atom. The highest BCUT2D eigenvalue weighted by atomic mass is 16.5. The van der Waals surface area contributed by atoms with Crippen molar-refractivity contribution in [1.82, 2.24) is 5.32 Å². The molecule has 1 aliphatic rings. The topological polar surface area (TPSA) is 30.5 Å². The Hall–Kier alpha value is -0.120. The fraction of sp³-hybridized carbons (Fsp3) is 1.00. The summed E-state index contributed by atoms with van der Waals surface area (Å²) < 4.78 is 10.6. The first-order chi connectivity index (χ1) is 5.33. The Balaban J connectivity index is 2.22. The number of rotatable bonds is 2. The molecular formula is C8H17NO2. The van der Waals surface area contributed by atoms with E-state index in [9.17, 15) is 0 Å². The second-order valence-electron chi connectivity index (χ2n) is 3.17. The van der Waals surface area contributed by atoms with Crippen LogP contribution in [0.3, 0.4) is 0 Å². The standard InChI is InChI=1S/C8H17NO2/c1-7-3-9-4-8(6-10-2)11-5-7/h7-9H,3-6H2,1-2H3/t7-,8?/m1/s1. The Morgan fingerprint density at radius 1 is 1.55 bits per heavy atom. The Labute approximate surface area is 68.1 Å². The largest absolute Gasteiger partial charge is 0.382 e. The van der Waals surface area contributed by atoms with Gasteiger partial charge in [0.25, 0.3) is 0 Å². The molecule has 0 aromatic rings. The van der Waals surface area contributed by atoms with Gasteiger partial charge in [-0.3, -0.25) is 0 Å². The van der Waals surface area contributed by atoms with E-state index in [0.29, 0.717) is 12.5 Å². The molecule has 2 atom stereocenters. The van der Waals surface area contributed by atoms with Crippen LogP contribution in [0.4, 0.5) is 0 Å². The highest BCUT2D eigenvalue weighted by Gasteiger charge is 2.15. The minimum Gasteiger partial charge on any atom is -0.382 e. The molecule has 0 aromatic carbocycles. The summed E-state index contributed by atoms with van der Waals surface area (Å²) in [7, 11) is 1.71. The Bertz CT molecular complexity index is 108. The van der Waals surface area contributed by atoms with E-state index in [-0.39, 0.29) is 6.10 Å². The molecule has 1 fully saturated rings. The summed E-state index contributed by atoms with van der Waals surface area (Å²) in [5.41, 5.74) is 0. The van der Waals surface area contributed by atoms with Crippen molar-refractivity contribution in [3.8, 4) is 0 Å². The molecule has 0 amide bonds. The fourth-order valence-corrected chi connectivity index (χ4v) is 1.20. The lowest BCUT2D eigenvalue weighted by molar-refractivity contribution is 0.0000453. The Kier molecular flexibility index (Phi) is 3.83. The predicted molar refractivity (Wildman–Crippen MR) is 43.6 cm³/mol. The number of hydrogen-bond donors (Lipinski definition) is 1. The molecule has 1 rings (SSSR count). The van der Waals surface area contributed by atoms with Crippen LogP contribution in [0.5, 0.6) is 0 Å². The van der Waals surface area contributed by atoms with Gasteiger partial charge in [0.1, 0.15) is 0 Å². The van der Waals surface area contributed by atoms with Crippen molar-refractivity contribution in [2.45, 2.75) is 13.0 Å². The van der Waals surface area contributed by atoms with Gasteiger partial charge in [0, 0.05) is 13.7 Å². The van der Waals surface area contributed by atoms with Gasteiger partial charge >= 0.3 is 0 Å². The van der Waals surface area contributed by atoms with Crippen LogP contribution in [0, 0.1) is 5.92 Å². The Morgan fingerprint density at radius 3 is 3.09 bits per heavy atom. The second-order valence-corrected chi connectivity index (χ2v) is 3.17. The van der Waals surface area contributed by atoms with E-state index in [1.165, 1.54) is 0 Å². The predicted octanol–water partition coefficient (Wildman–Crippen LogP) is 0.257. The molecule has 1 saturated heterocycles. The van der Waals surface area contributed by atoms with Gasteiger partial charge in [0.2, 0.25) is 0 Å². The zero-order chi connectivity index (χ0) is 8.10. The molecule has 1 aliphatic heterocycles. The smallest absolute Gasteiger partial charge is 0.0932 e. The van der Waals surface area contributed by atoms with E-state index in [4.69, 9.17) is 9.47 Å². The summed E-state index contributed by atoms with van der Waals surface area (Å²) in [4.78, 5) is 0. The molecule has 11 heavy (non-hydrogen) atoms. The SMILES string of the molecule is COCC1CNC[C@@H](C)CO1. The summed E-state index contributed by atoms with van der Waals surface area (Å²) in [5.74, 6) is 0.622. The quantitative estimate of drug-likeness (QED) is 0.627. The molecule has 1 N–H and O–H groups in total. The van der Waals surface area contributed by atoms with Crippen LogP contribution in [0.1, 0.15) is 6.92 Å². The normalized spacial score (nSPS) is 33.3. The van der Waals surface area contributed by atoms with Gasteiger partial charge in [-0.05, 0) is 12.5 Å². The number of ether oxygens (including phenoxy) is 2. The van der Waals surface area contributed by atoms with Gasteiger partial charge in [-0.25, -0.2) is 0 Å². The molecule has 0 spiro atoms. The van der Waals surface area contributed by atoms with Crippen LogP contribution in [0.15, 0.2) is 0 Å². The molecule has 0 aromatic heterocycles. The van der Waals surface area contributed by atoms with Gasteiger partial charge < -0.3 is 14.8 Å². The molecule has 0 saturated carbocycles. The van der Waals surface area contributed by atoms with E-state index in [1.807, 2.05) is 0 Å². The van der Waals surface area contributed by atoms with E-state index < -0.39 is 0 Å². The third kappa shape index (κ3) is 3.18. The molecule has 1 unspecified atom stereocenters. The monoisotopic (exact) mass is 159 g/mol. The molecular weight excluding hydrogens is 142 g/mol. The molecule has 3 heteroatoms. The van der Waals surface area contributed by atoms with Crippen molar-refractivity contribution < 1.29 is 9.47 Å². The minimum atomic E-state index is 0.241. The van der Waals surface area contributed by atoms with E-state index in [0.717, 1.165) is 19.7 Å². The van der Waals surface area contributed by atoms with Crippen molar-refractivity contribution in [2.24, 2.45) is 5.92 Å². The summed E-state index contributed by atoms with van der Waals surface area (Å²) in [6.07, 6.45) is 0.241. The first-order valence-corrected chi connectivity index (χ1v) is 4.14. The van der Waals surface area contributed by atoms with Crippen molar-refractivity contribution >= 4 is 0 Å². The number of methoxy groups -OCH3 is 1. The number of nitrogens with one attached hydrogen (secondary N) is 1. The zero-order valence-corrected chi connectivity index (χ0v) is 7.30. The van der Waals surface area contributed by atoms with E-state index in [1.54, 1.807) is 7.11 Å². The number of hydrogen-bond acceptors (Lipinski definition) is 3. The van der Waals surface area contributed by atoms with Crippen LogP contribution in [0.25, 0.3) is 0 Å². The first kappa shape index (κ1) is 8.97. The highest BCUT2D eigenvalue weighted by molar-refractivity contribution is 4.68. The summed E-state index contributed by atoms with van der Waals surface area (Å²) in [5, 5.41) is 3.33. The van der Waals surface area contributed by atoms with Gasteiger partial charge in [-0.1, -0.05) is 6.92 Å². The van der Waals surface area contributed by atoms with Gasteiger partial charge in [-0.15, -0.1) is 0 Å². The fourth-order valence-electron chi connectivity index (χ4n) is 1.20. The summed E-state index contributed by atoms with van der Waals surface area (Å²) in [6, 6.07) is 0.